The Morgan fingerprint density at radius 1 is 1.16 bits per heavy atom. The molecule has 2 atom stereocenters. The lowest BCUT2D eigenvalue weighted by molar-refractivity contribution is -0.125. The minimum absolute atomic E-state index is 0.0572. The van der Waals surface area contributed by atoms with Crippen molar-refractivity contribution >= 4 is 49.0 Å². The third-order valence-corrected chi connectivity index (χ3v) is 9.17. The molecule has 2 aromatic rings. The Kier molecular flexibility index (Phi) is 7.49. The van der Waals surface area contributed by atoms with Gasteiger partial charge in [0.05, 0.1) is 23.4 Å². The number of rotatable bonds is 9. The minimum atomic E-state index is -4.40. The molecule has 0 aromatic heterocycles. The SMILES string of the molecule is CC(C)CCC1(C)C(=O)C(C2=NS(=O)(=O)c3cc(NS(=O)(=O)NCCO)ccc3N2)C(=O)c2ccccc21. The summed E-state index contributed by atoms with van der Waals surface area (Å²) < 4.78 is 58.6. The molecule has 0 saturated heterocycles. The van der Waals surface area contributed by atoms with Crippen LogP contribution in [0, 0.1) is 11.8 Å². The van der Waals surface area contributed by atoms with Gasteiger partial charge in [-0.25, -0.2) is 0 Å². The number of aliphatic hydroxyl groups is 1. The maximum Gasteiger partial charge on any atom is 0.299 e. The van der Waals surface area contributed by atoms with E-state index in [2.05, 4.69) is 19.2 Å². The van der Waals surface area contributed by atoms with E-state index in [1.54, 1.807) is 31.2 Å². The van der Waals surface area contributed by atoms with Gasteiger partial charge in [0.2, 0.25) is 0 Å². The monoisotopic (exact) mass is 562 g/mol. The lowest BCUT2D eigenvalue weighted by Gasteiger charge is -2.39. The van der Waals surface area contributed by atoms with Gasteiger partial charge in [0.1, 0.15) is 16.6 Å². The summed E-state index contributed by atoms with van der Waals surface area (Å²) in [6.45, 7) is 5.22. The van der Waals surface area contributed by atoms with Gasteiger partial charge >= 0.3 is 0 Å². The zero-order chi connectivity index (χ0) is 27.9. The molecule has 0 fully saturated rings. The van der Waals surface area contributed by atoms with Crippen molar-refractivity contribution in [2.75, 3.05) is 23.2 Å². The molecular weight excluding hydrogens is 532 g/mol. The van der Waals surface area contributed by atoms with Crippen LogP contribution >= 0.6 is 0 Å². The van der Waals surface area contributed by atoms with Gasteiger partial charge in [-0.15, -0.1) is 4.40 Å². The first-order valence-electron chi connectivity index (χ1n) is 12.1. The van der Waals surface area contributed by atoms with E-state index in [4.69, 9.17) is 5.11 Å². The number of nitrogens with zero attached hydrogens (tertiary/aromatic N) is 1. The number of Topliss-reactive ketones (excluding diaryl/α,β-unsaturated/α-hetero) is 2. The molecule has 204 valence electrons. The topological polar surface area (TPSA) is 171 Å². The number of amidine groups is 1. The number of fused-ring (bicyclic) bond motifs is 2. The Morgan fingerprint density at radius 2 is 1.87 bits per heavy atom. The van der Waals surface area contributed by atoms with E-state index < -0.39 is 49.7 Å². The second kappa shape index (κ2) is 10.2. The Labute approximate surface area is 222 Å². The summed E-state index contributed by atoms with van der Waals surface area (Å²) in [6.07, 6.45) is 1.21. The molecule has 13 heteroatoms. The number of carbonyl (C=O) groups excluding carboxylic acids is 2. The van der Waals surface area contributed by atoms with Crippen LogP contribution in [-0.2, 0) is 30.4 Å². The van der Waals surface area contributed by atoms with Crippen molar-refractivity contribution in [3.8, 4) is 0 Å². The van der Waals surface area contributed by atoms with Gasteiger partial charge in [-0.2, -0.15) is 21.6 Å². The van der Waals surface area contributed by atoms with Crippen molar-refractivity contribution in [2.24, 2.45) is 16.2 Å². The molecule has 1 heterocycles. The van der Waals surface area contributed by atoms with Crippen LogP contribution in [-0.4, -0.2) is 52.5 Å². The Balaban J connectivity index is 1.72. The quantitative estimate of drug-likeness (QED) is 0.337. The zero-order valence-electron chi connectivity index (χ0n) is 21.2. The Hall–Kier alpha value is -3.13. The molecule has 2 unspecified atom stereocenters. The lowest BCUT2D eigenvalue weighted by Crippen LogP contribution is -2.51. The van der Waals surface area contributed by atoms with E-state index in [9.17, 15) is 26.4 Å². The number of ketones is 2. The summed E-state index contributed by atoms with van der Waals surface area (Å²) in [6, 6.07) is 10.6. The van der Waals surface area contributed by atoms with Crippen LogP contribution < -0.4 is 14.8 Å². The van der Waals surface area contributed by atoms with E-state index in [1.807, 2.05) is 13.8 Å². The summed E-state index contributed by atoms with van der Waals surface area (Å²) in [5.74, 6) is -2.37. The van der Waals surface area contributed by atoms with Gasteiger partial charge in [-0.1, -0.05) is 38.1 Å². The molecule has 2 aliphatic rings. The molecule has 4 N–H and O–H groups in total. The van der Waals surface area contributed by atoms with Crippen LogP contribution in [0.1, 0.15) is 49.5 Å². The summed E-state index contributed by atoms with van der Waals surface area (Å²) in [7, 11) is -8.45. The smallest absolute Gasteiger partial charge is 0.299 e. The molecule has 0 spiro atoms. The fourth-order valence-electron chi connectivity index (χ4n) is 4.73. The fourth-order valence-corrected chi connectivity index (χ4v) is 6.78. The number of hydrogen-bond acceptors (Lipinski definition) is 8. The van der Waals surface area contributed by atoms with Crippen molar-refractivity contribution < 1.29 is 31.5 Å². The summed E-state index contributed by atoms with van der Waals surface area (Å²) >= 11 is 0. The zero-order valence-corrected chi connectivity index (χ0v) is 22.8. The van der Waals surface area contributed by atoms with Crippen molar-refractivity contribution in [1.29, 1.82) is 0 Å². The standard InChI is InChI=1S/C25H30N4O7S2/c1-15(2)10-11-25(3)18-7-5-4-6-17(18)22(31)21(23(25)32)24-27-19-9-8-16(14-20(19)37(33,34)29-24)28-38(35,36)26-12-13-30/h4-9,14-15,21,26,28,30H,10-13H2,1-3H3,(H,27,29). The van der Waals surface area contributed by atoms with E-state index >= 15 is 0 Å². The fraction of sp³-hybridized carbons (Fsp3) is 0.400. The molecule has 11 nitrogen and oxygen atoms in total. The lowest BCUT2D eigenvalue weighted by atomic mass is 9.63. The van der Waals surface area contributed by atoms with E-state index in [-0.39, 0.29) is 28.7 Å². The van der Waals surface area contributed by atoms with Crippen molar-refractivity contribution in [3.05, 3.63) is 53.6 Å². The maximum atomic E-state index is 13.9. The van der Waals surface area contributed by atoms with Crippen LogP contribution in [0.4, 0.5) is 11.4 Å². The highest BCUT2D eigenvalue weighted by molar-refractivity contribution is 7.91. The number of hydrogen-bond donors (Lipinski definition) is 4. The van der Waals surface area contributed by atoms with Gasteiger partial charge < -0.3 is 10.4 Å². The van der Waals surface area contributed by atoms with Crippen molar-refractivity contribution in [2.45, 2.75) is 43.9 Å². The van der Waals surface area contributed by atoms with Crippen molar-refractivity contribution in [3.63, 3.8) is 0 Å². The summed E-state index contributed by atoms with van der Waals surface area (Å²) in [5.41, 5.74) is -0.0329. The number of anilines is 2. The molecule has 2 aromatic carbocycles. The number of aliphatic hydroxyl groups excluding tert-OH is 1. The predicted octanol–water partition coefficient (Wildman–Crippen LogP) is 2.21. The summed E-state index contributed by atoms with van der Waals surface area (Å²) in [5, 5.41) is 11.7. The average molecular weight is 563 g/mol. The van der Waals surface area contributed by atoms with E-state index in [1.165, 1.54) is 12.1 Å². The third-order valence-electron chi connectivity index (χ3n) is 6.75. The number of carbonyl (C=O) groups is 2. The van der Waals surface area contributed by atoms with Crippen LogP contribution in [0.15, 0.2) is 51.8 Å². The molecule has 1 aliphatic carbocycles. The van der Waals surface area contributed by atoms with Crippen molar-refractivity contribution in [1.82, 2.24) is 4.72 Å². The molecule has 1 aliphatic heterocycles. The second-order valence-corrected chi connectivity index (χ2v) is 13.1. The molecule has 0 saturated carbocycles. The van der Waals surface area contributed by atoms with Gasteiger partial charge in [0.15, 0.2) is 11.6 Å². The normalized spacial score (nSPS) is 22.3. The Bertz CT molecular complexity index is 1530. The number of nitrogens with one attached hydrogen (secondary N) is 3. The highest BCUT2D eigenvalue weighted by Gasteiger charge is 2.51. The molecule has 0 amide bonds. The van der Waals surface area contributed by atoms with Crippen LogP contribution in [0.2, 0.25) is 0 Å². The maximum absolute atomic E-state index is 13.9. The average Bonchev–Trinajstić information content (AvgIpc) is 2.85. The highest BCUT2D eigenvalue weighted by Crippen LogP contribution is 2.43. The molecular formula is C25H30N4O7S2. The van der Waals surface area contributed by atoms with Crippen LogP contribution in [0.5, 0.6) is 0 Å². The van der Waals surface area contributed by atoms with Gasteiger partial charge in [-0.3, -0.25) is 14.3 Å². The first-order valence-corrected chi connectivity index (χ1v) is 15.0. The van der Waals surface area contributed by atoms with E-state index in [0.717, 1.165) is 12.5 Å². The molecule has 0 radical (unpaired) electrons. The van der Waals surface area contributed by atoms with Crippen LogP contribution in [0.25, 0.3) is 0 Å². The number of sulfonamides is 1. The van der Waals surface area contributed by atoms with Gasteiger partial charge in [-0.05, 0) is 49.4 Å². The first kappa shape index (κ1) is 27.9. The molecule has 0 bridgehead atoms. The van der Waals surface area contributed by atoms with E-state index in [0.29, 0.717) is 23.5 Å². The van der Waals surface area contributed by atoms with Gasteiger partial charge in [0.25, 0.3) is 20.2 Å². The highest BCUT2D eigenvalue weighted by atomic mass is 32.2. The summed E-state index contributed by atoms with van der Waals surface area (Å²) in [4.78, 5) is 27.1. The Morgan fingerprint density at radius 3 is 2.55 bits per heavy atom. The minimum Gasteiger partial charge on any atom is -0.395 e. The second-order valence-electron chi connectivity index (χ2n) is 9.98. The van der Waals surface area contributed by atoms with Gasteiger partial charge in [0, 0.05) is 12.1 Å². The third kappa shape index (κ3) is 5.23. The molecule has 38 heavy (non-hydrogen) atoms. The molecule has 4 rings (SSSR count). The first-order chi connectivity index (χ1) is 17.8. The number of benzene rings is 2. The predicted molar refractivity (Wildman–Crippen MR) is 143 cm³/mol. The largest absolute Gasteiger partial charge is 0.395 e. The van der Waals surface area contributed by atoms with Crippen LogP contribution in [0.3, 0.4) is 0 Å².